The Balaban J connectivity index is 2.04. The average molecular weight is 344 g/mol. The van der Waals surface area contributed by atoms with E-state index in [0.29, 0.717) is 0 Å². The maximum Gasteiger partial charge on any atom is 0.255 e. The van der Waals surface area contributed by atoms with Crippen LogP contribution in [0.3, 0.4) is 0 Å². The molecule has 0 spiro atoms. The maximum atomic E-state index is 13.7. The van der Waals surface area contributed by atoms with Gasteiger partial charge in [0.15, 0.2) is 0 Å². The third-order valence-electron chi connectivity index (χ3n) is 2.96. The van der Waals surface area contributed by atoms with Crippen LogP contribution >= 0.6 is 22.9 Å². The van der Waals surface area contributed by atoms with Crippen molar-refractivity contribution >= 4 is 28.8 Å². The molecule has 7 heteroatoms. The van der Waals surface area contributed by atoms with E-state index in [4.69, 9.17) is 21.4 Å². The molecule has 22 heavy (non-hydrogen) atoms. The Morgan fingerprint density at radius 1 is 1.45 bits per heavy atom. The van der Waals surface area contributed by atoms with Crippen LogP contribution in [0.25, 0.3) is 0 Å². The molecule has 1 amide bonds. The molecule has 2 rings (SSSR count). The summed E-state index contributed by atoms with van der Waals surface area (Å²) in [4.78, 5) is 12.1. The van der Waals surface area contributed by atoms with Crippen LogP contribution in [-0.2, 0) is 4.74 Å². The van der Waals surface area contributed by atoms with E-state index < -0.39 is 17.8 Å². The zero-order valence-corrected chi connectivity index (χ0v) is 13.2. The number of thiophene rings is 1. The van der Waals surface area contributed by atoms with Crippen molar-refractivity contribution in [3.8, 4) is 0 Å². The first-order valence-electron chi connectivity index (χ1n) is 6.60. The van der Waals surface area contributed by atoms with Crippen molar-refractivity contribution in [3.63, 3.8) is 0 Å². The molecule has 0 radical (unpaired) electrons. The molecule has 4 nitrogen and oxygen atoms in total. The molecule has 0 aliphatic rings. The SMILES string of the molecule is O=C(NC[C@H](OCCO)c1ccsc1)c1c(F)cccc1Cl. The van der Waals surface area contributed by atoms with Gasteiger partial charge in [-0.25, -0.2) is 4.39 Å². The molecule has 2 N–H and O–H groups in total. The Bertz CT molecular complexity index is 601. The van der Waals surface area contributed by atoms with Crippen molar-refractivity contribution in [3.05, 3.63) is 57.0 Å². The molecular weight excluding hydrogens is 329 g/mol. The van der Waals surface area contributed by atoms with Gasteiger partial charge in [0.1, 0.15) is 11.9 Å². The fraction of sp³-hybridized carbons (Fsp3) is 0.267. The fourth-order valence-electron chi connectivity index (χ4n) is 1.91. The number of carbonyl (C=O) groups is 1. The third kappa shape index (κ3) is 4.27. The van der Waals surface area contributed by atoms with Crippen molar-refractivity contribution in [2.24, 2.45) is 0 Å². The summed E-state index contributed by atoms with van der Waals surface area (Å²) >= 11 is 7.36. The van der Waals surface area contributed by atoms with Gasteiger partial charge in [-0.05, 0) is 34.5 Å². The summed E-state index contributed by atoms with van der Waals surface area (Å²) in [5, 5.41) is 15.3. The van der Waals surface area contributed by atoms with Crippen LogP contribution in [0.2, 0.25) is 5.02 Å². The van der Waals surface area contributed by atoms with E-state index in [9.17, 15) is 9.18 Å². The number of amides is 1. The van der Waals surface area contributed by atoms with Gasteiger partial charge in [0.05, 0.1) is 23.8 Å². The smallest absolute Gasteiger partial charge is 0.255 e. The second-order valence-corrected chi connectivity index (χ2v) is 5.63. The van der Waals surface area contributed by atoms with Crippen LogP contribution < -0.4 is 5.32 Å². The Kier molecular flexibility index (Phi) is 6.33. The Morgan fingerprint density at radius 2 is 2.27 bits per heavy atom. The summed E-state index contributed by atoms with van der Waals surface area (Å²) in [5.41, 5.74) is 0.703. The molecule has 0 saturated heterocycles. The molecule has 1 heterocycles. The van der Waals surface area contributed by atoms with Gasteiger partial charge in [0.25, 0.3) is 5.91 Å². The molecule has 0 aliphatic carbocycles. The Hall–Kier alpha value is -1.47. The first kappa shape index (κ1) is 16.9. The zero-order chi connectivity index (χ0) is 15.9. The van der Waals surface area contributed by atoms with Crippen molar-refractivity contribution in [1.82, 2.24) is 5.32 Å². The van der Waals surface area contributed by atoms with Crippen molar-refractivity contribution in [2.45, 2.75) is 6.10 Å². The summed E-state index contributed by atoms with van der Waals surface area (Å²) in [6.45, 7) is 0.185. The number of hydrogen-bond donors (Lipinski definition) is 2. The number of aliphatic hydroxyl groups is 1. The molecule has 0 bridgehead atoms. The summed E-state index contributed by atoms with van der Waals surface area (Å²) in [6.07, 6.45) is -0.409. The first-order chi connectivity index (χ1) is 10.6. The number of ether oxygens (including phenoxy) is 1. The van der Waals surface area contributed by atoms with Crippen molar-refractivity contribution < 1.29 is 19.0 Å². The highest BCUT2D eigenvalue weighted by Gasteiger charge is 2.18. The van der Waals surface area contributed by atoms with Crippen LogP contribution in [0, 0.1) is 5.82 Å². The number of rotatable bonds is 7. The lowest BCUT2D eigenvalue weighted by molar-refractivity contribution is 0.0279. The first-order valence-corrected chi connectivity index (χ1v) is 7.92. The minimum atomic E-state index is -0.673. The number of carbonyl (C=O) groups excluding carboxylic acids is 1. The van der Waals surface area contributed by atoms with Crippen LogP contribution in [0.4, 0.5) is 4.39 Å². The molecule has 2 aromatic rings. The number of halogens is 2. The lowest BCUT2D eigenvalue weighted by atomic mass is 10.1. The normalized spacial score (nSPS) is 12.1. The standard InChI is InChI=1S/C15H15ClFNO3S/c16-11-2-1-3-12(17)14(11)15(20)18-8-13(21-6-5-19)10-4-7-22-9-10/h1-4,7,9,13,19H,5-6,8H2,(H,18,20)/t13-/m0/s1. The zero-order valence-electron chi connectivity index (χ0n) is 11.6. The van der Waals surface area contributed by atoms with Gasteiger partial charge >= 0.3 is 0 Å². The van der Waals surface area contributed by atoms with Crippen LogP contribution in [0.15, 0.2) is 35.0 Å². The fourth-order valence-corrected chi connectivity index (χ4v) is 2.87. The number of aliphatic hydroxyl groups excluding tert-OH is 1. The molecule has 0 aliphatic heterocycles. The van der Waals surface area contributed by atoms with Gasteiger partial charge < -0.3 is 15.2 Å². The van der Waals surface area contributed by atoms with Gasteiger partial charge in [-0.15, -0.1) is 0 Å². The predicted molar refractivity (Wildman–Crippen MR) is 83.8 cm³/mol. The largest absolute Gasteiger partial charge is 0.394 e. The topological polar surface area (TPSA) is 58.6 Å². The molecule has 118 valence electrons. The van der Waals surface area contributed by atoms with Gasteiger partial charge in [0, 0.05) is 6.54 Å². The Labute approximate surface area is 136 Å². The summed E-state index contributed by atoms with van der Waals surface area (Å²) < 4.78 is 19.2. The molecular formula is C15H15ClFNO3S. The molecule has 0 fully saturated rings. The van der Waals surface area contributed by atoms with E-state index in [1.54, 1.807) is 0 Å². The predicted octanol–water partition coefficient (Wildman–Crippen LogP) is 3.02. The molecule has 1 atom stereocenters. The van der Waals surface area contributed by atoms with E-state index in [1.165, 1.54) is 29.5 Å². The monoisotopic (exact) mass is 343 g/mol. The van der Waals surface area contributed by atoms with E-state index in [1.807, 2.05) is 16.8 Å². The number of nitrogens with one attached hydrogen (secondary N) is 1. The molecule has 1 aromatic heterocycles. The highest BCUT2D eigenvalue weighted by molar-refractivity contribution is 7.07. The molecule has 1 aromatic carbocycles. The minimum absolute atomic E-state index is 0.0564. The quantitative estimate of drug-likeness (QED) is 0.812. The lowest BCUT2D eigenvalue weighted by Gasteiger charge is -2.17. The highest BCUT2D eigenvalue weighted by Crippen LogP contribution is 2.21. The molecule has 0 saturated carbocycles. The van der Waals surface area contributed by atoms with Gasteiger partial charge in [-0.1, -0.05) is 17.7 Å². The minimum Gasteiger partial charge on any atom is -0.394 e. The summed E-state index contributed by atoms with van der Waals surface area (Å²) in [6, 6.07) is 5.94. The van der Waals surface area contributed by atoms with Gasteiger partial charge in [0.2, 0.25) is 0 Å². The van der Waals surface area contributed by atoms with Gasteiger partial charge in [-0.2, -0.15) is 11.3 Å². The van der Waals surface area contributed by atoms with Crippen LogP contribution in [0.1, 0.15) is 22.0 Å². The van der Waals surface area contributed by atoms with Gasteiger partial charge in [-0.3, -0.25) is 4.79 Å². The number of benzene rings is 1. The van der Waals surface area contributed by atoms with Crippen molar-refractivity contribution in [2.75, 3.05) is 19.8 Å². The van der Waals surface area contributed by atoms with E-state index in [-0.39, 0.29) is 30.3 Å². The lowest BCUT2D eigenvalue weighted by Crippen LogP contribution is -2.30. The maximum absolute atomic E-state index is 13.7. The second kappa shape index (κ2) is 8.24. The average Bonchev–Trinajstić information content (AvgIpc) is 3.01. The summed E-state index contributed by atoms with van der Waals surface area (Å²) in [7, 11) is 0. The number of hydrogen-bond acceptors (Lipinski definition) is 4. The Morgan fingerprint density at radius 3 is 2.91 bits per heavy atom. The third-order valence-corrected chi connectivity index (χ3v) is 3.98. The van der Waals surface area contributed by atoms with E-state index in [2.05, 4.69) is 5.32 Å². The van der Waals surface area contributed by atoms with Crippen LogP contribution in [0.5, 0.6) is 0 Å². The van der Waals surface area contributed by atoms with Crippen LogP contribution in [-0.4, -0.2) is 30.8 Å². The van der Waals surface area contributed by atoms with Crippen molar-refractivity contribution in [1.29, 1.82) is 0 Å². The van der Waals surface area contributed by atoms with E-state index >= 15 is 0 Å². The second-order valence-electron chi connectivity index (χ2n) is 4.45. The molecule has 0 unspecified atom stereocenters. The summed E-state index contributed by atoms with van der Waals surface area (Å²) in [5.74, 6) is -1.27. The highest BCUT2D eigenvalue weighted by atomic mass is 35.5. The van der Waals surface area contributed by atoms with E-state index in [0.717, 1.165) is 5.56 Å².